The first-order valence-electron chi connectivity index (χ1n) is 7.27. The van der Waals surface area contributed by atoms with E-state index in [1.165, 1.54) is 16.7 Å². The molecule has 19 heavy (non-hydrogen) atoms. The highest BCUT2D eigenvalue weighted by Gasteiger charge is 2.26. The Morgan fingerprint density at radius 1 is 0.789 bits per heavy atom. The SMILES string of the molecule is CC.COc1c(C(C)(C)C)cc(C)cc1C(C)(C)C. The van der Waals surface area contributed by atoms with Crippen LogP contribution < -0.4 is 4.74 Å². The minimum atomic E-state index is 0.108. The molecule has 0 aromatic heterocycles. The first kappa shape index (κ1) is 18.0. The van der Waals surface area contributed by atoms with Crippen LogP contribution in [0.1, 0.15) is 72.1 Å². The van der Waals surface area contributed by atoms with E-state index in [4.69, 9.17) is 4.74 Å². The second kappa shape index (κ2) is 6.45. The van der Waals surface area contributed by atoms with Crippen LogP contribution in [0.25, 0.3) is 0 Å². The molecule has 1 heteroatoms. The van der Waals surface area contributed by atoms with Crippen molar-refractivity contribution in [1.29, 1.82) is 0 Å². The summed E-state index contributed by atoms with van der Waals surface area (Å²) in [4.78, 5) is 0. The first-order chi connectivity index (χ1) is 8.57. The van der Waals surface area contributed by atoms with E-state index in [-0.39, 0.29) is 10.8 Å². The fourth-order valence-electron chi connectivity index (χ4n) is 2.11. The summed E-state index contributed by atoms with van der Waals surface area (Å²) in [7, 11) is 1.77. The van der Waals surface area contributed by atoms with Crippen LogP contribution in [0, 0.1) is 6.92 Å². The zero-order valence-corrected chi connectivity index (χ0v) is 14.6. The molecule has 0 bridgehead atoms. The molecule has 0 fully saturated rings. The summed E-state index contributed by atoms with van der Waals surface area (Å²) in [6.45, 7) is 19.6. The second-order valence-electron chi connectivity index (χ2n) is 6.89. The lowest BCUT2D eigenvalue weighted by Gasteiger charge is -2.29. The van der Waals surface area contributed by atoms with Gasteiger partial charge < -0.3 is 4.74 Å². The average Bonchev–Trinajstić information content (AvgIpc) is 2.28. The normalized spacial score (nSPS) is 11.7. The molecule has 1 aromatic carbocycles. The van der Waals surface area contributed by atoms with Crippen LogP contribution in [0.2, 0.25) is 0 Å². The van der Waals surface area contributed by atoms with E-state index in [1.54, 1.807) is 7.11 Å². The molecule has 0 radical (unpaired) electrons. The number of aryl methyl sites for hydroxylation is 1. The molecule has 0 saturated carbocycles. The van der Waals surface area contributed by atoms with Crippen LogP contribution in [-0.4, -0.2) is 7.11 Å². The summed E-state index contributed by atoms with van der Waals surface area (Å²) in [5, 5.41) is 0. The molecule has 0 spiro atoms. The van der Waals surface area contributed by atoms with Crippen LogP contribution >= 0.6 is 0 Å². The summed E-state index contributed by atoms with van der Waals surface area (Å²) in [5.74, 6) is 1.05. The van der Waals surface area contributed by atoms with Crippen molar-refractivity contribution >= 4 is 0 Å². The number of hydrogen-bond acceptors (Lipinski definition) is 1. The highest BCUT2D eigenvalue weighted by atomic mass is 16.5. The van der Waals surface area contributed by atoms with Crippen LogP contribution in [0.4, 0.5) is 0 Å². The zero-order chi connectivity index (χ0) is 15.4. The van der Waals surface area contributed by atoms with Gasteiger partial charge in [0.15, 0.2) is 0 Å². The quantitative estimate of drug-likeness (QED) is 0.639. The lowest BCUT2D eigenvalue weighted by molar-refractivity contribution is 0.381. The summed E-state index contributed by atoms with van der Waals surface area (Å²) < 4.78 is 5.68. The molecule has 0 heterocycles. The highest BCUT2D eigenvalue weighted by molar-refractivity contribution is 5.50. The van der Waals surface area contributed by atoms with Crippen molar-refractivity contribution in [1.82, 2.24) is 0 Å². The highest BCUT2D eigenvalue weighted by Crippen LogP contribution is 2.40. The molecule has 0 N–H and O–H groups in total. The Morgan fingerprint density at radius 2 is 1.11 bits per heavy atom. The Balaban J connectivity index is 0.00000154. The van der Waals surface area contributed by atoms with Crippen LogP contribution in [0.15, 0.2) is 12.1 Å². The molecule has 0 aliphatic rings. The summed E-state index contributed by atoms with van der Waals surface area (Å²) in [5.41, 5.74) is 4.12. The molecule has 1 rings (SSSR count). The number of hydrogen-bond donors (Lipinski definition) is 0. The molecule has 0 atom stereocenters. The van der Waals surface area contributed by atoms with Gasteiger partial charge in [-0.25, -0.2) is 0 Å². The van der Waals surface area contributed by atoms with E-state index in [1.807, 2.05) is 13.8 Å². The predicted molar refractivity (Wildman–Crippen MR) is 86.5 cm³/mol. The molecule has 1 nitrogen and oxygen atoms in total. The van der Waals surface area contributed by atoms with Crippen molar-refractivity contribution in [3.63, 3.8) is 0 Å². The lowest BCUT2D eigenvalue weighted by atomic mass is 9.78. The number of benzene rings is 1. The minimum absolute atomic E-state index is 0.108. The van der Waals surface area contributed by atoms with Gasteiger partial charge in [0.25, 0.3) is 0 Å². The van der Waals surface area contributed by atoms with Crippen LogP contribution in [-0.2, 0) is 10.8 Å². The van der Waals surface area contributed by atoms with Gasteiger partial charge in [0.2, 0.25) is 0 Å². The van der Waals surface area contributed by atoms with E-state index in [0.29, 0.717) is 0 Å². The molecular formula is C18H32O. The van der Waals surface area contributed by atoms with E-state index in [0.717, 1.165) is 5.75 Å². The third-order valence-corrected chi connectivity index (χ3v) is 3.05. The minimum Gasteiger partial charge on any atom is -0.496 e. The fraction of sp³-hybridized carbons (Fsp3) is 0.667. The van der Waals surface area contributed by atoms with Gasteiger partial charge in [-0.3, -0.25) is 0 Å². The largest absolute Gasteiger partial charge is 0.496 e. The smallest absolute Gasteiger partial charge is 0.126 e. The van der Waals surface area contributed by atoms with Crippen molar-refractivity contribution in [3.8, 4) is 5.75 Å². The number of methoxy groups -OCH3 is 1. The van der Waals surface area contributed by atoms with Crippen molar-refractivity contribution in [2.45, 2.75) is 73.1 Å². The molecule has 110 valence electrons. The third kappa shape index (κ3) is 4.56. The monoisotopic (exact) mass is 264 g/mol. The zero-order valence-electron chi connectivity index (χ0n) is 14.6. The van der Waals surface area contributed by atoms with E-state index < -0.39 is 0 Å². The van der Waals surface area contributed by atoms with E-state index in [2.05, 4.69) is 60.6 Å². The Kier molecular flexibility index (Phi) is 6.12. The first-order valence-corrected chi connectivity index (χ1v) is 7.27. The lowest BCUT2D eigenvalue weighted by Crippen LogP contribution is -2.19. The topological polar surface area (TPSA) is 9.23 Å². The van der Waals surface area contributed by atoms with Gasteiger partial charge in [-0.05, 0) is 17.8 Å². The Hall–Kier alpha value is -0.980. The Labute approximate surface area is 120 Å². The van der Waals surface area contributed by atoms with Gasteiger partial charge in [-0.15, -0.1) is 0 Å². The Bertz CT molecular complexity index is 368. The van der Waals surface area contributed by atoms with E-state index >= 15 is 0 Å². The van der Waals surface area contributed by atoms with Crippen molar-refractivity contribution in [2.24, 2.45) is 0 Å². The molecular weight excluding hydrogens is 232 g/mol. The molecule has 0 saturated heterocycles. The Morgan fingerprint density at radius 3 is 1.32 bits per heavy atom. The van der Waals surface area contributed by atoms with Crippen molar-refractivity contribution in [3.05, 3.63) is 28.8 Å². The van der Waals surface area contributed by atoms with E-state index in [9.17, 15) is 0 Å². The van der Waals surface area contributed by atoms with Gasteiger partial charge in [0.1, 0.15) is 5.75 Å². The van der Waals surface area contributed by atoms with Crippen molar-refractivity contribution < 1.29 is 4.74 Å². The molecule has 0 aliphatic heterocycles. The van der Waals surface area contributed by atoms with Gasteiger partial charge in [0, 0.05) is 11.1 Å². The fourth-order valence-corrected chi connectivity index (χ4v) is 2.11. The second-order valence-corrected chi connectivity index (χ2v) is 6.89. The maximum absolute atomic E-state index is 5.68. The molecule has 0 aliphatic carbocycles. The van der Waals surface area contributed by atoms with Crippen molar-refractivity contribution in [2.75, 3.05) is 7.11 Å². The number of ether oxygens (including phenoxy) is 1. The van der Waals surface area contributed by atoms with Gasteiger partial charge in [0.05, 0.1) is 7.11 Å². The summed E-state index contributed by atoms with van der Waals surface area (Å²) >= 11 is 0. The average molecular weight is 264 g/mol. The summed E-state index contributed by atoms with van der Waals surface area (Å²) in [6.07, 6.45) is 0. The maximum atomic E-state index is 5.68. The predicted octanol–water partition coefficient (Wildman–Crippen LogP) is 5.62. The van der Waals surface area contributed by atoms with Gasteiger partial charge >= 0.3 is 0 Å². The van der Waals surface area contributed by atoms with Gasteiger partial charge in [-0.2, -0.15) is 0 Å². The number of rotatable bonds is 1. The van der Waals surface area contributed by atoms with Crippen LogP contribution in [0.3, 0.4) is 0 Å². The van der Waals surface area contributed by atoms with Crippen LogP contribution in [0.5, 0.6) is 5.75 Å². The summed E-state index contributed by atoms with van der Waals surface area (Å²) in [6, 6.07) is 4.49. The maximum Gasteiger partial charge on any atom is 0.126 e. The molecule has 0 amide bonds. The standard InChI is InChI=1S/C16H26O.C2H6/c1-11-9-12(15(2,3)4)14(17-8)13(10-11)16(5,6)7;1-2/h9-10H,1-8H3;1-2H3. The van der Waals surface area contributed by atoms with Gasteiger partial charge in [-0.1, -0.05) is 73.1 Å². The third-order valence-electron chi connectivity index (χ3n) is 3.05. The molecule has 0 unspecified atom stereocenters. The molecule has 1 aromatic rings.